The van der Waals surface area contributed by atoms with Crippen molar-refractivity contribution in [3.63, 3.8) is 0 Å². The minimum Gasteiger partial charge on any atom is -0.379 e. The smallest absolute Gasteiger partial charge is 0.220 e. The van der Waals surface area contributed by atoms with E-state index >= 15 is 0 Å². The maximum Gasteiger partial charge on any atom is 0.220 e. The lowest BCUT2D eigenvalue weighted by molar-refractivity contribution is -0.126. The Morgan fingerprint density at radius 3 is 1.97 bits per heavy atom. The van der Waals surface area contributed by atoms with E-state index in [0.717, 1.165) is 52.1 Å². The number of rotatable bonds is 8. The molecule has 2 aliphatic rings. The molecule has 0 aromatic rings. The molecule has 2 amide bonds. The van der Waals surface area contributed by atoms with Gasteiger partial charge in [0.05, 0.1) is 13.2 Å². The Hall–Kier alpha value is -1.14. The Morgan fingerprint density at radius 2 is 1.34 bits per heavy atom. The summed E-state index contributed by atoms with van der Waals surface area (Å²) in [4.78, 5) is 26.7. The van der Waals surface area contributed by atoms with Crippen LogP contribution in [0.5, 0.6) is 0 Å². The van der Waals surface area contributed by atoms with Gasteiger partial charge in [-0.05, 0) is 25.8 Å². The summed E-state index contributed by atoms with van der Waals surface area (Å²) < 4.78 is 5.34. The molecule has 1 aliphatic carbocycles. The first-order valence-corrected chi connectivity index (χ1v) is 12.1. The fourth-order valence-electron chi connectivity index (χ4n) is 4.28. The van der Waals surface area contributed by atoms with E-state index in [2.05, 4.69) is 15.5 Å². The SMILES string of the molecule is O=C(CCC(=O)NC1CCCCCCCCCCC1)NCCCN1CCOCC1. The summed E-state index contributed by atoms with van der Waals surface area (Å²) in [7, 11) is 0. The van der Waals surface area contributed by atoms with E-state index in [9.17, 15) is 9.59 Å². The molecule has 1 heterocycles. The third-order valence-electron chi connectivity index (χ3n) is 6.13. The van der Waals surface area contributed by atoms with E-state index < -0.39 is 0 Å². The highest BCUT2D eigenvalue weighted by Gasteiger charge is 2.14. The Balaban J connectivity index is 1.54. The first-order valence-electron chi connectivity index (χ1n) is 12.1. The van der Waals surface area contributed by atoms with Crippen LogP contribution < -0.4 is 10.6 Å². The quantitative estimate of drug-likeness (QED) is 0.603. The zero-order chi connectivity index (χ0) is 20.6. The first kappa shape index (κ1) is 24.1. The third kappa shape index (κ3) is 12.2. The third-order valence-corrected chi connectivity index (χ3v) is 6.13. The minimum absolute atomic E-state index is 0.0131. The highest BCUT2D eigenvalue weighted by atomic mass is 16.5. The molecule has 1 saturated heterocycles. The standard InChI is InChI=1S/C23H43N3O3/c27-22(24-15-10-16-26-17-19-29-20-18-26)13-14-23(28)25-21-11-8-6-4-2-1-3-5-7-9-12-21/h21H,1-20H2,(H,24,27)(H,25,28). The zero-order valence-corrected chi connectivity index (χ0v) is 18.4. The monoisotopic (exact) mass is 409 g/mol. The van der Waals surface area contributed by atoms with Gasteiger partial charge in [0.25, 0.3) is 0 Å². The molecule has 0 aromatic carbocycles. The second-order valence-corrected chi connectivity index (χ2v) is 8.68. The van der Waals surface area contributed by atoms with Crippen LogP contribution in [-0.4, -0.2) is 62.1 Å². The zero-order valence-electron chi connectivity index (χ0n) is 18.4. The van der Waals surface area contributed by atoms with Crippen LogP contribution in [0.2, 0.25) is 0 Å². The normalized spacial score (nSPS) is 21.0. The molecule has 6 nitrogen and oxygen atoms in total. The average molecular weight is 410 g/mol. The first-order chi connectivity index (χ1) is 14.2. The van der Waals surface area contributed by atoms with Crippen LogP contribution in [-0.2, 0) is 14.3 Å². The summed E-state index contributed by atoms with van der Waals surface area (Å²) in [5, 5.41) is 6.15. The molecule has 0 spiro atoms. The Morgan fingerprint density at radius 1 is 0.793 bits per heavy atom. The average Bonchev–Trinajstić information content (AvgIpc) is 2.72. The van der Waals surface area contributed by atoms with Crippen molar-refractivity contribution < 1.29 is 14.3 Å². The van der Waals surface area contributed by atoms with Crippen molar-refractivity contribution >= 4 is 11.8 Å². The summed E-state index contributed by atoms with van der Waals surface area (Å²) >= 11 is 0. The van der Waals surface area contributed by atoms with Gasteiger partial charge in [-0.2, -0.15) is 0 Å². The van der Waals surface area contributed by atoms with Crippen LogP contribution in [0.3, 0.4) is 0 Å². The van der Waals surface area contributed by atoms with Crippen molar-refractivity contribution in [3.05, 3.63) is 0 Å². The number of nitrogens with one attached hydrogen (secondary N) is 2. The van der Waals surface area contributed by atoms with Gasteiger partial charge < -0.3 is 15.4 Å². The largest absolute Gasteiger partial charge is 0.379 e. The summed E-state index contributed by atoms with van der Waals surface area (Å²) in [5.74, 6) is 0.0198. The molecule has 0 bridgehead atoms. The van der Waals surface area contributed by atoms with E-state index in [1.807, 2.05) is 0 Å². The van der Waals surface area contributed by atoms with Crippen molar-refractivity contribution in [2.75, 3.05) is 39.4 Å². The number of morpholine rings is 1. The molecular weight excluding hydrogens is 366 g/mol. The van der Waals surface area contributed by atoms with E-state index in [-0.39, 0.29) is 18.2 Å². The van der Waals surface area contributed by atoms with Crippen molar-refractivity contribution in [2.24, 2.45) is 0 Å². The van der Waals surface area contributed by atoms with Crippen LogP contribution in [0.1, 0.15) is 89.9 Å². The molecule has 168 valence electrons. The van der Waals surface area contributed by atoms with Gasteiger partial charge in [-0.1, -0.05) is 57.8 Å². The van der Waals surface area contributed by atoms with Crippen LogP contribution in [0.25, 0.3) is 0 Å². The molecular formula is C23H43N3O3. The molecule has 1 aliphatic heterocycles. The number of ether oxygens (including phenoxy) is 1. The molecule has 2 rings (SSSR count). The summed E-state index contributed by atoms with van der Waals surface area (Å²) in [6.45, 7) is 5.25. The number of hydrogen-bond acceptors (Lipinski definition) is 4. The van der Waals surface area contributed by atoms with E-state index in [0.29, 0.717) is 19.0 Å². The Labute approximate surface area is 177 Å². The highest BCUT2D eigenvalue weighted by molar-refractivity contribution is 5.83. The molecule has 0 radical (unpaired) electrons. The molecule has 1 saturated carbocycles. The van der Waals surface area contributed by atoms with Gasteiger partial charge in [0.1, 0.15) is 0 Å². The van der Waals surface area contributed by atoms with E-state index in [1.165, 1.54) is 57.8 Å². The maximum absolute atomic E-state index is 12.3. The molecule has 0 unspecified atom stereocenters. The van der Waals surface area contributed by atoms with Gasteiger partial charge in [0, 0.05) is 38.5 Å². The number of nitrogens with zero attached hydrogens (tertiary/aromatic N) is 1. The van der Waals surface area contributed by atoms with Crippen molar-refractivity contribution in [3.8, 4) is 0 Å². The van der Waals surface area contributed by atoms with Gasteiger partial charge in [-0.3, -0.25) is 14.5 Å². The predicted octanol–water partition coefficient (Wildman–Crippen LogP) is 3.39. The molecule has 6 heteroatoms. The van der Waals surface area contributed by atoms with Gasteiger partial charge in [-0.25, -0.2) is 0 Å². The lowest BCUT2D eigenvalue weighted by Gasteiger charge is -2.26. The Bertz CT molecular complexity index is 441. The second-order valence-electron chi connectivity index (χ2n) is 8.68. The molecule has 0 aromatic heterocycles. The second kappa shape index (κ2) is 15.7. The van der Waals surface area contributed by atoms with Gasteiger partial charge in [0.15, 0.2) is 0 Å². The molecule has 29 heavy (non-hydrogen) atoms. The molecule has 2 fully saturated rings. The van der Waals surface area contributed by atoms with Gasteiger partial charge >= 0.3 is 0 Å². The molecule has 2 N–H and O–H groups in total. The number of carbonyl (C=O) groups is 2. The lowest BCUT2D eigenvalue weighted by atomic mass is 9.98. The number of hydrogen-bond donors (Lipinski definition) is 2. The van der Waals surface area contributed by atoms with E-state index in [1.54, 1.807) is 0 Å². The Kier molecular flexibility index (Phi) is 13.0. The van der Waals surface area contributed by atoms with Crippen LogP contribution >= 0.6 is 0 Å². The van der Waals surface area contributed by atoms with Gasteiger partial charge in [-0.15, -0.1) is 0 Å². The van der Waals surface area contributed by atoms with Crippen LogP contribution in [0, 0.1) is 0 Å². The maximum atomic E-state index is 12.3. The minimum atomic E-state index is -0.0131. The topological polar surface area (TPSA) is 70.7 Å². The fourth-order valence-corrected chi connectivity index (χ4v) is 4.28. The predicted molar refractivity (Wildman–Crippen MR) is 117 cm³/mol. The lowest BCUT2D eigenvalue weighted by Crippen LogP contribution is -2.38. The summed E-state index contributed by atoms with van der Waals surface area (Å²) in [6, 6.07) is 0.290. The summed E-state index contributed by atoms with van der Waals surface area (Å²) in [5.41, 5.74) is 0. The van der Waals surface area contributed by atoms with Crippen molar-refractivity contribution in [1.29, 1.82) is 0 Å². The number of amides is 2. The molecule has 0 atom stereocenters. The van der Waals surface area contributed by atoms with Crippen LogP contribution in [0.4, 0.5) is 0 Å². The van der Waals surface area contributed by atoms with Gasteiger partial charge in [0.2, 0.25) is 11.8 Å². The van der Waals surface area contributed by atoms with E-state index in [4.69, 9.17) is 4.74 Å². The summed E-state index contributed by atoms with van der Waals surface area (Å²) in [6.07, 6.45) is 15.4. The van der Waals surface area contributed by atoms with Crippen molar-refractivity contribution in [2.45, 2.75) is 95.9 Å². The fraction of sp³-hybridized carbons (Fsp3) is 0.913. The highest BCUT2D eigenvalue weighted by Crippen LogP contribution is 2.17. The van der Waals surface area contributed by atoms with Crippen LogP contribution in [0.15, 0.2) is 0 Å². The van der Waals surface area contributed by atoms with Crippen molar-refractivity contribution in [1.82, 2.24) is 15.5 Å². The number of carbonyl (C=O) groups excluding carboxylic acids is 2.